The normalized spacial score (nSPS) is 22.2. The van der Waals surface area contributed by atoms with Crippen molar-refractivity contribution in [2.45, 2.75) is 18.5 Å². The Bertz CT molecular complexity index is 1040. The summed E-state index contributed by atoms with van der Waals surface area (Å²) in [5, 5.41) is 7.72. The van der Waals surface area contributed by atoms with Crippen LogP contribution in [-0.4, -0.2) is 44.9 Å². The molecule has 5 rings (SSSR count). The van der Waals surface area contributed by atoms with E-state index < -0.39 is 11.6 Å². The minimum atomic E-state index is -0.766. The summed E-state index contributed by atoms with van der Waals surface area (Å²) in [6.07, 6.45) is 2.35. The Balaban J connectivity index is 1.67. The van der Waals surface area contributed by atoms with Crippen LogP contribution in [0.3, 0.4) is 0 Å². The fourth-order valence-electron chi connectivity index (χ4n) is 3.69. The Kier molecular flexibility index (Phi) is 2.96. The molecule has 2 aliphatic rings. The Hall–Kier alpha value is -2.81. The van der Waals surface area contributed by atoms with E-state index in [1.807, 2.05) is 0 Å². The maximum absolute atomic E-state index is 14.1. The smallest absolute Gasteiger partial charge is 0.263 e. The third-order valence-electron chi connectivity index (χ3n) is 4.89. The number of hydrogen-bond donors (Lipinski definition) is 2. The van der Waals surface area contributed by atoms with Crippen LogP contribution in [0.5, 0.6) is 0 Å². The second-order valence-corrected chi connectivity index (χ2v) is 6.43. The molecule has 0 radical (unpaired) electrons. The van der Waals surface area contributed by atoms with E-state index in [0.717, 1.165) is 31.6 Å². The van der Waals surface area contributed by atoms with Crippen molar-refractivity contribution in [3.8, 4) is 5.69 Å². The number of aromatic amines is 1. The molecular formula is C16H14F2N6O. The molecule has 2 saturated heterocycles. The van der Waals surface area contributed by atoms with Crippen molar-refractivity contribution in [1.82, 2.24) is 25.1 Å². The second-order valence-electron chi connectivity index (χ2n) is 6.43. The number of halogens is 2. The average Bonchev–Trinajstić information content (AvgIpc) is 3.29. The number of piperazine rings is 1. The molecule has 4 heterocycles. The van der Waals surface area contributed by atoms with Gasteiger partial charge in [-0.3, -0.25) is 9.78 Å². The third-order valence-corrected chi connectivity index (χ3v) is 4.89. The number of fused-ring (bicyclic) bond motifs is 3. The maximum Gasteiger partial charge on any atom is 0.263 e. The summed E-state index contributed by atoms with van der Waals surface area (Å²) in [6, 6.07) is 3.88. The number of H-pyrrole nitrogens is 1. The minimum Gasteiger partial charge on any atom is -0.336 e. The fraction of sp³-hybridized carbons (Fsp3) is 0.312. The highest BCUT2D eigenvalue weighted by molar-refractivity contribution is 5.76. The van der Waals surface area contributed by atoms with E-state index >= 15 is 0 Å². The first-order chi connectivity index (χ1) is 12.1. The van der Waals surface area contributed by atoms with E-state index in [-0.39, 0.29) is 28.3 Å². The quantitative estimate of drug-likeness (QED) is 0.723. The first-order valence-corrected chi connectivity index (χ1v) is 8.03. The SMILES string of the molecule is O=c1[nH]c(N2C[C@H]3C[C@@H]2CN3)nc2c1cnn2-c1ccc(F)cc1F. The van der Waals surface area contributed by atoms with Crippen molar-refractivity contribution in [3.63, 3.8) is 0 Å². The summed E-state index contributed by atoms with van der Waals surface area (Å²) in [4.78, 5) is 21.8. The van der Waals surface area contributed by atoms with Crippen LogP contribution in [0.1, 0.15) is 6.42 Å². The van der Waals surface area contributed by atoms with Gasteiger partial charge in [-0.1, -0.05) is 0 Å². The van der Waals surface area contributed by atoms with Gasteiger partial charge < -0.3 is 10.2 Å². The van der Waals surface area contributed by atoms with E-state index in [1.165, 1.54) is 16.9 Å². The van der Waals surface area contributed by atoms with Gasteiger partial charge in [0.1, 0.15) is 16.9 Å². The van der Waals surface area contributed by atoms with Crippen molar-refractivity contribution in [3.05, 3.63) is 46.4 Å². The molecule has 0 amide bonds. The highest BCUT2D eigenvalue weighted by atomic mass is 19.1. The second kappa shape index (κ2) is 5.09. The molecule has 0 saturated carbocycles. The van der Waals surface area contributed by atoms with Crippen molar-refractivity contribution in [1.29, 1.82) is 0 Å². The number of hydrogen-bond acceptors (Lipinski definition) is 5. The van der Waals surface area contributed by atoms with Crippen LogP contribution in [0.15, 0.2) is 29.2 Å². The molecule has 2 bridgehead atoms. The van der Waals surface area contributed by atoms with Gasteiger partial charge in [-0.15, -0.1) is 0 Å². The number of anilines is 1. The molecule has 2 fully saturated rings. The molecule has 0 aliphatic carbocycles. The van der Waals surface area contributed by atoms with E-state index in [4.69, 9.17) is 0 Å². The van der Waals surface area contributed by atoms with E-state index in [1.54, 1.807) is 0 Å². The van der Waals surface area contributed by atoms with Gasteiger partial charge in [0.25, 0.3) is 5.56 Å². The Labute approximate surface area is 140 Å². The molecule has 25 heavy (non-hydrogen) atoms. The summed E-state index contributed by atoms with van der Waals surface area (Å²) in [7, 11) is 0. The van der Waals surface area contributed by atoms with Crippen molar-refractivity contribution < 1.29 is 8.78 Å². The van der Waals surface area contributed by atoms with Gasteiger partial charge in [-0.2, -0.15) is 10.1 Å². The van der Waals surface area contributed by atoms with Gasteiger partial charge in [0.05, 0.1) is 6.20 Å². The summed E-state index contributed by atoms with van der Waals surface area (Å²) in [5.41, 5.74) is -0.0328. The first kappa shape index (κ1) is 14.5. The maximum atomic E-state index is 14.1. The van der Waals surface area contributed by atoms with Crippen LogP contribution in [-0.2, 0) is 0 Å². The summed E-state index contributed by atoms with van der Waals surface area (Å²) in [6.45, 7) is 1.61. The zero-order valence-corrected chi connectivity index (χ0v) is 13.0. The molecule has 2 aromatic heterocycles. The zero-order valence-electron chi connectivity index (χ0n) is 13.0. The number of nitrogens with one attached hydrogen (secondary N) is 2. The van der Waals surface area contributed by atoms with E-state index in [0.29, 0.717) is 12.0 Å². The highest BCUT2D eigenvalue weighted by Crippen LogP contribution is 2.27. The Morgan fingerprint density at radius 3 is 2.88 bits per heavy atom. The summed E-state index contributed by atoms with van der Waals surface area (Å²) < 4.78 is 28.5. The van der Waals surface area contributed by atoms with E-state index in [2.05, 4.69) is 25.3 Å². The Morgan fingerprint density at radius 2 is 2.16 bits per heavy atom. The Morgan fingerprint density at radius 1 is 1.28 bits per heavy atom. The lowest BCUT2D eigenvalue weighted by Crippen LogP contribution is -2.44. The highest BCUT2D eigenvalue weighted by Gasteiger charge is 2.38. The molecule has 0 unspecified atom stereocenters. The lowest BCUT2D eigenvalue weighted by atomic mass is 10.2. The van der Waals surface area contributed by atoms with Crippen LogP contribution in [0, 0.1) is 11.6 Å². The lowest BCUT2D eigenvalue weighted by molar-refractivity contribution is 0.570. The van der Waals surface area contributed by atoms with Crippen LogP contribution in [0.2, 0.25) is 0 Å². The van der Waals surface area contributed by atoms with Crippen LogP contribution >= 0.6 is 0 Å². The number of benzene rings is 1. The third kappa shape index (κ3) is 2.15. The van der Waals surface area contributed by atoms with Crippen molar-refractivity contribution >= 4 is 17.0 Å². The standard InChI is InChI=1S/C16H14F2N6O/c17-8-1-2-13(12(18)3-8)24-14-11(6-20-24)15(25)22-16(21-14)23-7-9-4-10(23)5-19-9/h1-3,6,9-10,19H,4-5,7H2,(H,21,22,25)/t9-,10-/m1/s1. The molecular weight excluding hydrogens is 330 g/mol. The summed E-state index contributed by atoms with van der Waals surface area (Å²) >= 11 is 0. The van der Waals surface area contributed by atoms with Gasteiger partial charge in [0, 0.05) is 31.2 Å². The van der Waals surface area contributed by atoms with Gasteiger partial charge in [-0.25, -0.2) is 13.5 Å². The molecule has 0 spiro atoms. The van der Waals surface area contributed by atoms with Gasteiger partial charge in [-0.05, 0) is 18.6 Å². The fourth-order valence-corrected chi connectivity index (χ4v) is 3.69. The molecule has 3 aromatic rings. The molecule has 128 valence electrons. The first-order valence-electron chi connectivity index (χ1n) is 8.03. The average molecular weight is 344 g/mol. The lowest BCUT2D eigenvalue weighted by Gasteiger charge is -2.27. The molecule has 1 aromatic carbocycles. The molecule has 2 atom stereocenters. The molecule has 2 N–H and O–H groups in total. The number of aromatic nitrogens is 4. The largest absolute Gasteiger partial charge is 0.336 e. The zero-order chi connectivity index (χ0) is 17.1. The van der Waals surface area contributed by atoms with Crippen LogP contribution in [0.25, 0.3) is 16.7 Å². The predicted molar refractivity (Wildman–Crippen MR) is 86.9 cm³/mol. The number of rotatable bonds is 2. The van der Waals surface area contributed by atoms with Gasteiger partial charge in [0.15, 0.2) is 11.5 Å². The minimum absolute atomic E-state index is 0.0464. The molecule has 2 aliphatic heterocycles. The topological polar surface area (TPSA) is 78.8 Å². The monoisotopic (exact) mass is 344 g/mol. The van der Waals surface area contributed by atoms with Crippen LogP contribution in [0.4, 0.5) is 14.7 Å². The summed E-state index contributed by atoms with van der Waals surface area (Å²) in [5.74, 6) is -0.987. The van der Waals surface area contributed by atoms with Gasteiger partial charge in [0.2, 0.25) is 5.95 Å². The van der Waals surface area contributed by atoms with Crippen LogP contribution < -0.4 is 15.8 Å². The molecule has 7 nitrogen and oxygen atoms in total. The number of nitrogens with zero attached hydrogens (tertiary/aromatic N) is 4. The van der Waals surface area contributed by atoms with E-state index in [9.17, 15) is 13.6 Å². The predicted octanol–water partition coefficient (Wildman–Crippen LogP) is 0.938. The van der Waals surface area contributed by atoms with Crippen molar-refractivity contribution in [2.24, 2.45) is 0 Å². The van der Waals surface area contributed by atoms with Crippen molar-refractivity contribution in [2.75, 3.05) is 18.0 Å². The van der Waals surface area contributed by atoms with Gasteiger partial charge >= 0.3 is 0 Å². The molecule has 9 heteroatoms.